The number of carbonyl (C=O) groups excluding carboxylic acids is 1. The predicted octanol–water partition coefficient (Wildman–Crippen LogP) is 0.915. The van der Waals surface area contributed by atoms with E-state index >= 15 is 0 Å². The Morgan fingerprint density at radius 1 is 1.48 bits per heavy atom. The molecular weight excluding hydrogens is 362 g/mol. The van der Waals surface area contributed by atoms with Gasteiger partial charge in [0.15, 0.2) is 11.5 Å². The summed E-state index contributed by atoms with van der Waals surface area (Å²) < 4.78 is 6.29. The molecule has 0 radical (unpaired) electrons. The summed E-state index contributed by atoms with van der Waals surface area (Å²) in [7, 11) is 0. The number of hydrogen-bond donors (Lipinski definition) is 1. The molecule has 1 N–H and O–H groups in total. The van der Waals surface area contributed by atoms with E-state index in [0.717, 1.165) is 11.5 Å². The van der Waals surface area contributed by atoms with Crippen molar-refractivity contribution in [2.75, 3.05) is 0 Å². The summed E-state index contributed by atoms with van der Waals surface area (Å²) in [5.41, 5.74) is 0.218. The van der Waals surface area contributed by atoms with Gasteiger partial charge in [-0.2, -0.15) is 4.37 Å². The normalized spacial score (nSPS) is 17.6. The van der Waals surface area contributed by atoms with Crippen LogP contribution in [0.3, 0.4) is 0 Å². The van der Waals surface area contributed by atoms with Crippen LogP contribution in [-0.2, 0) is 17.9 Å². The molecule has 0 aromatic carbocycles. The molecule has 2 aromatic rings. The summed E-state index contributed by atoms with van der Waals surface area (Å²) >= 11 is 4.38. The van der Waals surface area contributed by atoms with Crippen LogP contribution in [0.15, 0.2) is 9.85 Å². The van der Waals surface area contributed by atoms with E-state index in [1.54, 1.807) is 16.9 Å². The standard InChI is InChI=1S/C11H10BrN5O3S/c1-5-13-14-8-3-17(7(11(19)20)2-16(5)8)10(18)9-6(12)4-21-15-9/h4,7H,2-3H2,1H3,(H,19,20). The predicted molar refractivity (Wildman–Crippen MR) is 75.9 cm³/mol. The van der Waals surface area contributed by atoms with Crippen LogP contribution in [-0.4, -0.2) is 47.1 Å². The van der Waals surface area contributed by atoms with Gasteiger partial charge in [-0.25, -0.2) is 4.79 Å². The Balaban J connectivity index is 1.98. The van der Waals surface area contributed by atoms with E-state index in [4.69, 9.17) is 0 Å². The number of fused-ring (bicyclic) bond motifs is 1. The first-order valence-electron chi connectivity index (χ1n) is 6.01. The monoisotopic (exact) mass is 371 g/mol. The zero-order chi connectivity index (χ0) is 15.1. The highest BCUT2D eigenvalue weighted by atomic mass is 79.9. The molecule has 3 rings (SSSR count). The minimum absolute atomic E-state index is 0.0978. The Bertz CT molecular complexity index is 727. The van der Waals surface area contributed by atoms with Crippen LogP contribution in [0.25, 0.3) is 0 Å². The third-order valence-electron chi connectivity index (χ3n) is 3.33. The molecule has 0 bridgehead atoms. The molecule has 21 heavy (non-hydrogen) atoms. The van der Waals surface area contributed by atoms with Gasteiger partial charge in [0.05, 0.1) is 17.6 Å². The molecule has 1 aliphatic rings. The van der Waals surface area contributed by atoms with Gasteiger partial charge in [0, 0.05) is 5.38 Å². The van der Waals surface area contributed by atoms with Crippen LogP contribution < -0.4 is 0 Å². The fourth-order valence-electron chi connectivity index (χ4n) is 2.24. The van der Waals surface area contributed by atoms with Crippen molar-refractivity contribution in [1.82, 2.24) is 24.0 Å². The third kappa shape index (κ3) is 2.33. The van der Waals surface area contributed by atoms with Crippen LogP contribution in [0.2, 0.25) is 0 Å². The lowest BCUT2D eigenvalue weighted by Crippen LogP contribution is -2.50. The lowest BCUT2D eigenvalue weighted by atomic mass is 10.1. The second kappa shape index (κ2) is 5.19. The Kier molecular flexibility index (Phi) is 3.49. The Labute approximate surface area is 131 Å². The number of hydrogen-bond acceptors (Lipinski definition) is 6. The van der Waals surface area contributed by atoms with Gasteiger partial charge in [-0.3, -0.25) is 4.79 Å². The van der Waals surface area contributed by atoms with E-state index in [9.17, 15) is 14.7 Å². The van der Waals surface area contributed by atoms with Crippen molar-refractivity contribution in [2.24, 2.45) is 0 Å². The van der Waals surface area contributed by atoms with Gasteiger partial charge in [0.25, 0.3) is 5.91 Å². The van der Waals surface area contributed by atoms with Crippen LogP contribution in [0.4, 0.5) is 0 Å². The molecule has 1 atom stereocenters. The number of aryl methyl sites for hydroxylation is 1. The minimum Gasteiger partial charge on any atom is -0.480 e. The minimum atomic E-state index is -1.06. The topological polar surface area (TPSA) is 101 Å². The second-order valence-corrected chi connectivity index (χ2v) is 6.06. The van der Waals surface area contributed by atoms with Crippen molar-refractivity contribution in [3.05, 3.63) is 27.2 Å². The number of carboxylic acids is 1. The van der Waals surface area contributed by atoms with Gasteiger partial charge in [-0.15, -0.1) is 10.2 Å². The molecule has 3 heterocycles. The first kappa shape index (κ1) is 14.1. The van der Waals surface area contributed by atoms with Gasteiger partial charge in [-0.1, -0.05) is 0 Å². The molecule has 1 aliphatic heterocycles. The van der Waals surface area contributed by atoms with Crippen molar-refractivity contribution in [3.63, 3.8) is 0 Å². The SMILES string of the molecule is Cc1nnc2n1CC(C(=O)O)N(C(=O)c1nscc1Br)C2. The maximum Gasteiger partial charge on any atom is 0.328 e. The first-order chi connectivity index (χ1) is 9.99. The van der Waals surface area contributed by atoms with Gasteiger partial charge < -0.3 is 14.6 Å². The average Bonchev–Trinajstić information content (AvgIpc) is 3.03. The van der Waals surface area contributed by atoms with E-state index in [0.29, 0.717) is 16.1 Å². The molecule has 110 valence electrons. The van der Waals surface area contributed by atoms with E-state index in [1.807, 2.05) is 0 Å². The van der Waals surface area contributed by atoms with E-state index in [-0.39, 0.29) is 18.8 Å². The summed E-state index contributed by atoms with van der Waals surface area (Å²) in [6.07, 6.45) is 0. The number of rotatable bonds is 2. The molecule has 0 fully saturated rings. The molecular formula is C11H10BrN5O3S. The first-order valence-corrected chi connectivity index (χ1v) is 7.64. The van der Waals surface area contributed by atoms with Crippen LogP contribution >= 0.6 is 27.5 Å². The molecule has 8 nitrogen and oxygen atoms in total. The number of nitrogens with zero attached hydrogens (tertiary/aromatic N) is 5. The zero-order valence-corrected chi connectivity index (χ0v) is 13.3. The van der Waals surface area contributed by atoms with Gasteiger partial charge in [0.2, 0.25) is 0 Å². The van der Waals surface area contributed by atoms with Crippen molar-refractivity contribution in [3.8, 4) is 0 Å². The van der Waals surface area contributed by atoms with E-state index < -0.39 is 17.9 Å². The number of carboxylic acid groups (broad SMARTS) is 1. The summed E-state index contributed by atoms with van der Waals surface area (Å²) in [5, 5.41) is 19.0. The fourth-order valence-corrected chi connectivity index (χ4v) is 3.41. The largest absolute Gasteiger partial charge is 0.480 e. The molecule has 1 unspecified atom stereocenters. The number of aromatic nitrogens is 4. The third-order valence-corrected chi connectivity index (χ3v) is 4.87. The summed E-state index contributed by atoms with van der Waals surface area (Å²) in [5.74, 6) is -0.279. The van der Waals surface area contributed by atoms with Crippen LogP contribution in [0.5, 0.6) is 0 Å². The fraction of sp³-hybridized carbons (Fsp3) is 0.364. The quantitative estimate of drug-likeness (QED) is 0.841. The summed E-state index contributed by atoms with van der Waals surface area (Å²) in [4.78, 5) is 25.3. The molecule has 0 aliphatic carbocycles. The number of aliphatic carboxylic acids is 1. The Morgan fingerprint density at radius 3 is 2.86 bits per heavy atom. The molecule has 1 amide bonds. The lowest BCUT2D eigenvalue weighted by molar-refractivity contribution is -0.143. The van der Waals surface area contributed by atoms with E-state index in [2.05, 4.69) is 30.5 Å². The van der Waals surface area contributed by atoms with E-state index in [1.165, 1.54) is 4.90 Å². The Hall–Kier alpha value is -1.81. The van der Waals surface area contributed by atoms with Crippen molar-refractivity contribution in [2.45, 2.75) is 26.1 Å². The van der Waals surface area contributed by atoms with Gasteiger partial charge in [0.1, 0.15) is 11.9 Å². The summed E-state index contributed by atoms with van der Waals surface area (Å²) in [6.45, 7) is 1.99. The number of carbonyl (C=O) groups is 2. The number of halogens is 1. The zero-order valence-electron chi connectivity index (χ0n) is 10.9. The highest BCUT2D eigenvalue weighted by molar-refractivity contribution is 9.10. The number of amides is 1. The van der Waals surface area contributed by atoms with Crippen molar-refractivity contribution < 1.29 is 14.7 Å². The second-order valence-electron chi connectivity index (χ2n) is 4.57. The van der Waals surface area contributed by atoms with Crippen LogP contribution in [0.1, 0.15) is 22.1 Å². The highest BCUT2D eigenvalue weighted by Gasteiger charge is 2.37. The highest BCUT2D eigenvalue weighted by Crippen LogP contribution is 2.24. The van der Waals surface area contributed by atoms with Gasteiger partial charge >= 0.3 is 5.97 Å². The molecule has 0 saturated carbocycles. The molecule has 0 saturated heterocycles. The smallest absolute Gasteiger partial charge is 0.328 e. The van der Waals surface area contributed by atoms with Crippen LogP contribution in [0, 0.1) is 6.92 Å². The molecule has 10 heteroatoms. The maximum atomic E-state index is 12.5. The van der Waals surface area contributed by atoms with Crippen molar-refractivity contribution >= 4 is 39.3 Å². The summed E-state index contributed by atoms with van der Waals surface area (Å²) in [6, 6.07) is -0.965. The lowest BCUT2D eigenvalue weighted by Gasteiger charge is -2.33. The Morgan fingerprint density at radius 2 is 2.24 bits per heavy atom. The van der Waals surface area contributed by atoms with Crippen molar-refractivity contribution in [1.29, 1.82) is 0 Å². The molecule has 0 spiro atoms. The molecule has 2 aromatic heterocycles. The van der Waals surface area contributed by atoms with Gasteiger partial charge in [-0.05, 0) is 34.4 Å². The average molecular weight is 372 g/mol. The maximum absolute atomic E-state index is 12.5.